The maximum Gasteiger partial charge on any atom is 0.306 e. The van der Waals surface area contributed by atoms with E-state index in [0.29, 0.717) is 5.75 Å². The minimum Gasteiger partial charge on any atom is -0.493 e. The summed E-state index contributed by atoms with van der Waals surface area (Å²) in [6, 6.07) is 5.47. The van der Waals surface area contributed by atoms with Crippen LogP contribution in [-0.2, 0) is 14.8 Å². The molecule has 1 rings (SSSR count). The van der Waals surface area contributed by atoms with E-state index in [1.165, 1.54) is 24.3 Å². The number of rotatable bonds is 6. The molecule has 4 N–H and O–H groups in total. The molecular formula is C9H12N2O5S. The molecule has 0 atom stereocenters. The number of aliphatic carboxylic acids is 1. The Kier molecular flexibility index (Phi) is 4.44. The van der Waals surface area contributed by atoms with E-state index in [-0.39, 0.29) is 17.9 Å². The molecule has 0 bridgehead atoms. The average Bonchev–Trinajstić information content (AvgIpc) is 2.29. The lowest BCUT2D eigenvalue weighted by Crippen LogP contribution is -2.30. The number of carboxylic acid groups (broad SMARTS) is 1. The van der Waals surface area contributed by atoms with Gasteiger partial charge in [0.1, 0.15) is 5.75 Å². The summed E-state index contributed by atoms with van der Waals surface area (Å²) in [6.45, 7) is 0.0244. The van der Waals surface area contributed by atoms with Gasteiger partial charge in [0.15, 0.2) is 0 Å². The Morgan fingerprint density at radius 1 is 1.35 bits per heavy atom. The van der Waals surface area contributed by atoms with Crippen LogP contribution in [0.15, 0.2) is 29.2 Å². The number of ether oxygens (including phenoxy) is 1. The molecule has 0 unspecified atom stereocenters. The summed E-state index contributed by atoms with van der Waals surface area (Å²) in [4.78, 5) is 11.9. The van der Waals surface area contributed by atoms with Crippen molar-refractivity contribution in [1.29, 1.82) is 0 Å². The van der Waals surface area contributed by atoms with Gasteiger partial charge in [-0.15, -0.1) is 0 Å². The van der Waals surface area contributed by atoms with E-state index in [2.05, 4.69) is 0 Å². The van der Waals surface area contributed by atoms with Crippen molar-refractivity contribution in [3.05, 3.63) is 24.3 Å². The Hall–Kier alpha value is -1.64. The van der Waals surface area contributed by atoms with Crippen LogP contribution in [0.5, 0.6) is 5.75 Å². The molecule has 0 spiro atoms. The molecule has 0 saturated heterocycles. The van der Waals surface area contributed by atoms with Gasteiger partial charge in [-0.05, 0) is 24.3 Å². The van der Waals surface area contributed by atoms with Crippen molar-refractivity contribution in [2.75, 3.05) is 6.61 Å². The highest BCUT2D eigenvalue weighted by Crippen LogP contribution is 2.15. The second kappa shape index (κ2) is 5.62. The van der Waals surface area contributed by atoms with Gasteiger partial charge in [0, 0.05) is 0 Å². The lowest BCUT2D eigenvalue weighted by molar-refractivity contribution is -0.137. The van der Waals surface area contributed by atoms with Gasteiger partial charge >= 0.3 is 5.97 Å². The summed E-state index contributed by atoms with van der Waals surface area (Å²) >= 11 is 0. The molecular weight excluding hydrogens is 248 g/mol. The van der Waals surface area contributed by atoms with Gasteiger partial charge < -0.3 is 9.84 Å². The summed E-state index contributed by atoms with van der Waals surface area (Å²) in [5.74, 6) is 4.28. The molecule has 94 valence electrons. The van der Waals surface area contributed by atoms with Crippen molar-refractivity contribution in [2.24, 2.45) is 5.84 Å². The molecule has 0 aliphatic rings. The summed E-state index contributed by atoms with van der Waals surface area (Å²) in [6.07, 6.45) is -0.121. The van der Waals surface area contributed by atoms with Crippen LogP contribution >= 0.6 is 0 Å². The van der Waals surface area contributed by atoms with Gasteiger partial charge in [0.05, 0.1) is 17.9 Å². The summed E-state index contributed by atoms with van der Waals surface area (Å²) in [7, 11) is -3.67. The SMILES string of the molecule is NNS(=O)(=O)c1ccc(OCCC(=O)O)cc1. The molecule has 0 radical (unpaired) electrons. The van der Waals surface area contributed by atoms with E-state index in [1.54, 1.807) is 4.83 Å². The Morgan fingerprint density at radius 2 is 1.94 bits per heavy atom. The van der Waals surface area contributed by atoms with Crippen molar-refractivity contribution < 1.29 is 23.1 Å². The van der Waals surface area contributed by atoms with Gasteiger partial charge in [-0.2, -0.15) is 4.83 Å². The molecule has 0 saturated carbocycles. The highest BCUT2D eigenvalue weighted by Gasteiger charge is 2.11. The predicted molar refractivity (Wildman–Crippen MR) is 58.7 cm³/mol. The summed E-state index contributed by atoms with van der Waals surface area (Å²) in [5.41, 5.74) is 0. The van der Waals surface area contributed by atoms with E-state index in [0.717, 1.165) is 0 Å². The first kappa shape index (κ1) is 13.4. The van der Waals surface area contributed by atoms with Crippen LogP contribution in [0.4, 0.5) is 0 Å². The van der Waals surface area contributed by atoms with Crippen molar-refractivity contribution >= 4 is 16.0 Å². The molecule has 8 heteroatoms. The number of carbonyl (C=O) groups is 1. The van der Waals surface area contributed by atoms with E-state index in [1.807, 2.05) is 0 Å². The van der Waals surface area contributed by atoms with Crippen LogP contribution in [0.1, 0.15) is 6.42 Å². The molecule has 0 aliphatic heterocycles. The van der Waals surface area contributed by atoms with Gasteiger partial charge in [-0.1, -0.05) is 0 Å². The van der Waals surface area contributed by atoms with Gasteiger partial charge in [0.2, 0.25) is 0 Å². The Labute approximate surface area is 98.2 Å². The van der Waals surface area contributed by atoms with Crippen molar-refractivity contribution in [2.45, 2.75) is 11.3 Å². The molecule has 0 amide bonds. The number of nitrogens with two attached hydrogens (primary N) is 1. The van der Waals surface area contributed by atoms with Crippen molar-refractivity contribution in [3.63, 3.8) is 0 Å². The predicted octanol–water partition coefficient (Wildman–Crippen LogP) is -0.308. The lowest BCUT2D eigenvalue weighted by atomic mass is 10.3. The second-order valence-corrected chi connectivity index (χ2v) is 4.80. The topological polar surface area (TPSA) is 119 Å². The zero-order valence-corrected chi connectivity index (χ0v) is 9.61. The molecule has 1 aromatic carbocycles. The van der Waals surface area contributed by atoms with Crippen LogP contribution in [-0.4, -0.2) is 26.1 Å². The third kappa shape index (κ3) is 4.02. The summed E-state index contributed by atoms with van der Waals surface area (Å²) < 4.78 is 27.6. The first-order valence-electron chi connectivity index (χ1n) is 4.63. The van der Waals surface area contributed by atoms with Crippen molar-refractivity contribution in [3.8, 4) is 5.75 Å². The fraction of sp³-hybridized carbons (Fsp3) is 0.222. The van der Waals surface area contributed by atoms with Crippen LogP contribution in [0, 0.1) is 0 Å². The Bertz CT molecular complexity index is 483. The number of hydrazine groups is 1. The standard InChI is InChI=1S/C9H12N2O5S/c10-11-17(14,15)8-3-1-7(2-4-8)16-6-5-9(12)13/h1-4,11H,5-6,10H2,(H,12,13). The average molecular weight is 260 g/mol. The highest BCUT2D eigenvalue weighted by molar-refractivity contribution is 7.89. The molecule has 0 aliphatic carbocycles. The van der Waals surface area contributed by atoms with E-state index in [9.17, 15) is 13.2 Å². The normalized spacial score (nSPS) is 11.1. The van der Waals surface area contributed by atoms with Gasteiger partial charge in [-0.3, -0.25) is 10.6 Å². The third-order valence-electron chi connectivity index (χ3n) is 1.87. The number of carboxylic acids is 1. The summed E-state index contributed by atoms with van der Waals surface area (Å²) in [5, 5.41) is 8.39. The largest absolute Gasteiger partial charge is 0.493 e. The zero-order chi connectivity index (χ0) is 12.9. The molecule has 7 nitrogen and oxygen atoms in total. The highest BCUT2D eigenvalue weighted by atomic mass is 32.2. The van der Waals surface area contributed by atoms with Gasteiger partial charge in [0.25, 0.3) is 10.0 Å². The number of benzene rings is 1. The monoisotopic (exact) mass is 260 g/mol. The smallest absolute Gasteiger partial charge is 0.306 e. The molecule has 0 fully saturated rings. The number of nitrogens with one attached hydrogen (secondary N) is 1. The van der Waals surface area contributed by atoms with Crippen LogP contribution in [0.25, 0.3) is 0 Å². The van der Waals surface area contributed by atoms with E-state index < -0.39 is 16.0 Å². The van der Waals surface area contributed by atoms with E-state index in [4.69, 9.17) is 15.7 Å². The minimum atomic E-state index is -3.67. The number of hydrogen-bond donors (Lipinski definition) is 3. The first-order chi connectivity index (χ1) is 7.95. The van der Waals surface area contributed by atoms with Gasteiger partial charge in [-0.25, -0.2) is 8.42 Å². The minimum absolute atomic E-state index is 0.00517. The van der Waals surface area contributed by atoms with E-state index >= 15 is 0 Å². The first-order valence-corrected chi connectivity index (χ1v) is 6.11. The Morgan fingerprint density at radius 3 is 2.41 bits per heavy atom. The zero-order valence-electron chi connectivity index (χ0n) is 8.79. The molecule has 17 heavy (non-hydrogen) atoms. The maximum atomic E-state index is 11.3. The maximum absolute atomic E-state index is 11.3. The lowest BCUT2D eigenvalue weighted by Gasteiger charge is -2.06. The molecule has 0 heterocycles. The van der Waals surface area contributed by atoms with Crippen LogP contribution in [0.2, 0.25) is 0 Å². The van der Waals surface area contributed by atoms with Crippen LogP contribution < -0.4 is 15.4 Å². The van der Waals surface area contributed by atoms with Crippen molar-refractivity contribution in [1.82, 2.24) is 4.83 Å². The fourth-order valence-electron chi connectivity index (χ4n) is 1.04. The number of hydrogen-bond acceptors (Lipinski definition) is 5. The number of sulfonamides is 1. The molecule has 0 aromatic heterocycles. The quantitative estimate of drug-likeness (QED) is 0.477. The fourth-order valence-corrected chi connectivity index (χ4v) is 1.67. The third-order valence-corrected chi connectivity index (χ3v) is 3.08. The molecule has 1 aromatic rings. The second-order valence-electron chi connectivity index (χ2n) is 3.08. The Balaban J connectivity index is 2.66. The van der Waals surface area contributed by atoms with Crippen LogP contribution in [0.3, 0.4) is 0 Å².